The summed E-state index contributed by atoms with van der Waals surface area (Å²) in [5.41, 5.74) is 31.2. The zero-order valence-electron chi connectivity index (χ0n) is 61.8. The van der Waals surface area contributed by atoms with E-state index in [9.17, 15) is 39.6 Å². The van der Waals surface area contributed by atoms with Gasteiger partial charge >= 0.3 is 18.0 Å². The molecule has 0 spiro atoms. The lowest BCUT2D eigenvalue weighted by Crippen LogP contribution is -2.33. The fraction of sp³-hybridized carbons (Fsp3) is 0.274. The molecule has 11 aromatic rings. The molecule has 109 heavy (non-hydrogen) atoms. The van der Waals surface area contributed by atoms with Crippen LogP contribution in [-0.4, -0.2) is 156 Å². The van der Waals surface area contributed by atoms with Gasteiger partial charge in [0.05, 0.1) is 79.4 Å². The van der Waals surface area contributed by atoms with Crippen LogP contribution in [0.1, 0.15) is 106 Å². The molecular weight excluding hydrogens is 1530 g/mol. The third-order valence-electron chi connectivity index (χ3n) is 15.9. The van der Waals surface area contributed by atoms with Gasteiger partial charge in [-0.15, -0.1) is 20.4 Å². The summed E-state index contributed by atoms with van der Waals surface area (Å²) in [5.74, 6) is -0.831. The molecule has 0 aliphatic rings. The van der Waals surface area contributed by atoms with Crippen molar-refractivity contribution in [1.82, 2.24) is 70.5 Å². The SMILES string of the molecule is CC(C)S(=O)(=O)c1ccc(-c2cnc(N)c(C(=O)O)n2)cc1.CNCc1ccc(-c2nnc(-c3nc(-c4ccc(S(=O)(=O)C(C)C)cc4)cnc3N)o2)c(C)c1.COC(=O)c1nc(Br)cnc1N.Cc1cc(CN(C)C(=O)OC(C)(C)C)ccc1-c1nnc(-c2nc(-c3ccc(S(=O)(=O)C(C)C)cc3)cnc2N)o1. The van der Waals surface area contributed by atoms with E-state index in [0.717, 1.165) is 39.9 Å². The van der Waals surface area contributed by atoms with Crippen LogP contribution in [0.5, 0.6) is 0 Å². The van der Waals surface area contributed by atoms with Gasteiger partial charge in [-0.1, -0.05) is 60.7 Å². The number of halogens is 1. The summed E-state index contributed by atoms with van der Waals surface area (Å²) in [4.78, 5) is 69.3. The third-order valence-corrected chi connectivity index (χ3v) is 22.7. The van der Waals surface area contributed by atoms with Gasteiger partial charge in [-0.25, -0.2) is 79.5 Å². The average Bonchev–Trinajstić information content (AvgIpc) is 1.78. The Morgan fingerprint density at radius 2 is 0.899 bits per heavy atom. The first kappa shape index (κ1) is 83.0. The fourth-order valence-corrected chi connectivity index (χ4v) is 13.3. The van der Waals surface area contributed by atoms with Gasteiger partial charge in [-0.05, 0) is 170 Å². The standard InChI is InChI=1S/C29H34N6O5S.C24H26N6O3S.C14H15N3O4S.C6H6BrN3O2/c1-17(2)41(37,38)21-11-9-20(10-12-21)23-15-31-25(30)24(32-23)27-34-33-26(39-27)22-13-8-19(14-18(22)3)16-35(7)28(36)40-29(4,5)6;1-14(2)34(31,32)18-8-6-17(7-9-18)20-13-27-22(25)21(28-20)24-30-29-23(33-24)19-10-5-16(12-26-4)11-15(19)3;1-8(2)22(20,21)10-5-3-9(4-6-10)11-7-16-13(15)12(17-11)14(18)19;1-12-6(11)4-5(8)9-2-3(7)10-4/h8-15,17H,16H2,1-7H3,(H2,30,31);5-11,13-14,26H,12H2,1-4H3,(H2,25,27);3-8H,1-2H3,(H2,15,16)(H,18,19);2H,1H3,(H2,8,9). The van der Waals surface area contributed by atoms with Crippen LogP contribution in [0.15, 0.2) is 162 Å². The Bertz CT molecular complexity index is 5490. The van der Waals surface area contributed by atoms with E-state index in [-0.39, 0.29) is 78.4 Å². The lowest BCUT2D eigenvalue weighted by molar-refractivity contribution is 0.0284. The molecule has 572 valence electrons. The molecule has 0 radical (unpaired) electrons. The molecule has 6 heterocycles. The molecule has 11 rings (SSSR count). The highest BCUT2D eigenvalue weighted by Crippen LogP contribution is 2.34. The molecule has 1 amide bonds. The number of hydrogen-bond acceptors (Lipinski definition) is 30. The van der Waals surface area contributed by atoms with E-state index in [1.54, 1.807) is 109 Å². The predicted molar refractivity (Wildman–Crippen MR) is 412 cm³/mol. The van der Waals surface area contributed by atoms with E-state index >= 15 is 0 Å². The van der Waals surface area contributed by atoms with E-state index in [4.69, 9.17) is 41.6 Å². The number of benzene rings is 5. The number of nitrogens with two attached hydrogens (primary N) is 4. The van der Waals surface area contributed by atoms with Crippen molar-refractivity contribution >= 4 is 86.7 Å². The number of nitrogens with one attached hydrogen (secondary N) is 1. The van der Waals surface area contributed by atoms with Crippen LogP contribution in [0, 0.1) is 13.8 Å². The summed E-state index contributed by atoms with van der Waals surface area (Å²) in [6, 6.07) is 30.7. The summed E-state index contributed by atoms with van der Waals surface area (Å²) in [6.07, 6.45) is 5.36. The number of nitrogen functional groups attached to an aromatic ring is 4. The Balaban J connectivity index is 0.000000197. The zero-order chi connectivity index (χ0) is 80.2. The summed E-state index contributed by atoms with van der Waals surface area (Å²) >= 11 is 3.06. The Morgan fingerprint density at radius 3 is 1.28 bits per heavy atom. The Labute approximate surface area is 637 Å². The second-order valence-corrected chi connectivity index (χ2v) is 34.4. The van der Waals surface area contributed by atoms with Crippen molar-refractivity contribution in [2.45, 2.75) is 125 Å². The number of carbonyl (C=O) groups is 3. The van der Waals surface area contributed by atoms with Crippen LogP contribution >= 0.6 is 15.9 Å². The molecule has 0 saturated heterocycles. The maximum absolute atomic E-state index is 12.5. The number of hydrogen-bond donors (Lipinski definition) is 6. The largest absolute Gasteiger partial charge is 0.476 e. The van der Waals surface area contributed by atoms with E-state index < -0.39 is 68.9 Å². The number of methoxy groups -OCH3 is 1. The van der Waals surface area contributed by atoms with Crippen molar-refractivity contribution in [3.63, 3.8) is 0 Å². The maximum atomic E-state index is 12.5. The van der Waals surface area contributed by atoms with E-state index in [2.05, 4.69) is 92.3 Å². The van der Waals surface area contributed by atoms with Crippen LogP contribution < -0.4 is 28.3 Å². The zero-order valence-corrected chi connectivity index (χ0v) is 65.9. The molecule has 36 heteroatoms. The van der Waals surface area contributed by atoms with Gasteiger partial charge in [0, 0.05) is 48.0 Å². The summed E-state index contributed by atoms with van der Waals surface area (Å²) in [7, 11) is -5.27. The van der Waals surface area contributed by atoms with Crippen molar-refractivity contribution in [1.29, 1.82) is 0 Å². The van der Waals surface area contributed by atoms with Gasteiger partial charge in [0.15, 0.2) is 75.6 Å². The van der Waals surface area contributed by atoms with Gasteiger partial charge in [-0.3, -0.25) is 0 Å². The van der Waals surface area contributed by atoms with E-state index in [0.29, 0.717) is 50.8 Å². The number of carboxylic acid groups (broad SMARTS) is 1. The smallest absolute Gasteiger partial charge is 0.410 e. The highest BCUT2D eigenvalue weighted by molar-refractivity contribution is 9.10. The highest BCUT2D eigenvalue weighted by Gasteiger charge is 2.26. The number of anilines is 4. The van der Waals surface area contributed by atoms with Crippen LogP contribution in [-0.2, 0) is 52.1 Å². The van der Waals surface area contributed by atoms with Gasteiger partial charge in [0.2, 0.25) is 11.8 Å². The van der Waals surface area contributed by atoms with Crippen molar-refractivity contribution in [3.8, 4) is 79.8 Å². The number of aromatic nitrogens is 12. The lowest BCUT2D eigenvalue weighted by Gasteiger charge is -2.24. The van der Waals surface area contributed by atoms with Gasteiger partial charge in [0.1, 0.15) is 10.2 Å². The molecule has 6 aromatic heterocycles. The summed E-state index contributed by atoms with van der Waals surface area (Å²) in [6.45, 7) is 20.3. The Hall–Kier alpha value is -11.6. The number of ether oxygens (including phenoxy) is 2. The number of carbonyl (C=O) groups excluding carboxylic acids is 2. The minimum absolute atomic E-state index is 0.0203. The van der Waals surface area contributed by atoms with Crippen LogP contribution in [0.2, 0.25) is 0 Å². The van der Waals surface area contributed by atoms with Gasteiger partial charge < -0.3 is 56.6 Å². The second-order valence-electron chi connectivity index (χ2n) is 26.0. The van der Waals surface area contributed by atoms with Crippen molar-refractivity contribution in [3.05, 3.63) is 172 Å². The normalized spacial score (nSPS) is 11.6. The predicted octanol–water partition coefficient (Wildman–Crippen LogP) is 11.2. The number of carboxylic acids is 1. The molecule has 0 aliphatic carbocycles. The first-order valence-corrected chi connectivity index (χ1v) is 38.6. The molecule has 0 fully saturated rings. The molecule has 5 aromatic carbocycles. The minimum atomic E-state index is -3.39. The van der Waals surface area contributed by atoms with Gasteiger partial charge in [0.25, 0.3) is 11.8 Å². The molecule has 0 unspecified atom stereocenters. The Morgan fingerprint density at radius 1 is 0.532 bits per heavy atom. The number of sulfone groups is 3. The van der Waals surface area contributed by atoms with Gasteiger partial charge in [-0.2, -0.15) is 0 Å². The number of aromatic carboxylic acids is 1. The van der Waals surface area contributed by atoms with Crippen molar-refractivity contribution in [2.75, 3.05) is 44.1 Å². The number of aryl methyl sites for hydroxylation is 2. The molecule has 32 nitrogen and oxygen atoms in total. The molecule has 0 atom stereocenters. The molecule has 0 bridgehead atoms. The summed E-state index contributed by atoms with van der Waals surface area (Å²) in [5, 5.41) is 27.2. The molecule has 0 aliphatic heterocycles. The minimum Gasteiger partial charge on any atom is -0.476 e. The first-order chi connectivity index (χ1) is 51.2. The quantitative estimate of drug-likeness (QED) is 0.0409. The van der Waals surface area contributed by atoms with Crippen LogP contribution in [0.25, 0.3) is 79.8 Å². The monoisotopic (exact) mass is 1610 g/mol. The summed E-state index contributed by atoms with van der Waals surface area (Å²) < 4.78 is 95.9. The van der Waals surface area contributed by atoms with Crippen LogP contribution in [0.4, 0.5) is 28.1 Å². The fourth-order valence-electron chi connectivity index (χ4n) is 9.85. The number of nitrogens with zero attached hydrogens (tertiary/aromatic N) is 13. The lowest BCUT2D eigenvalue weighted by atomic mass is 10.0. The third kappa shape index (κ3) is 20.6. The number of esters is 1. The Kier molecular flexibility index (Phi) is 26.6. The van der Waals surface area contributed by atoms with Crippen molar-refractivity contribution < 1.29 is 63.1 Å². The van der Waals surface area contributed by atoms with Crippen LogP contribution in [0.3, 0.4) is 0 Å². The molecule has 10 N–H and O–H groups in total. The topological polar surface area (TPSA) is 493 Å². The average molecular weight is 1610 g/mol. The number of amides is 1. The molecule has 0 saturated carbocycles. The second kappa shape index (κ2) is 35.0. The van der Waals surface area contributed by atoms with E-state index in [1.165, 1.54) is 48.9 Å². The van der Waals surface area contributed by atoms with Crippen molar-refractivity contribution in [2.24, 2.45) is 0 Å². The maximum Gasteiger partial charge on any atom is 0.410 e. The van der Waals surface area contributed by atoms with E-state index in [1.807, 2.05) is 72.0 Å². The molecular formula is C73H81BrN18O14S3. The highest BCUT2D eigenvalue weighted by atomic mass is 79.9. The number of rotatable bonds is 19. The first-order valence-electron chi connectivity index (χ1n) is 33.2.